The molecule has 0 bridgehead atoms. The molecule has 1 aliphatic heterocycles. The number of carbonyl (C=O) groups is 1. The van der Waals surface area contributed by atoms with Crippen LogP contribution in [0.5, 0.6) is 0 Å². The maximum atomic E-state index is 11.0. The summed E-state index contributed by atoms with van der Waals surface area (Å²) in [7, 11) is 0. The van der Waals surface area contributed by atoms with Gasteiger partial charge in [-0.2, -0.15) is 0 Å². The highest BCUT2D eigenvalue weighted by Gasteiger charge is 2.32. The third kappa shape index (κ3) is 2.65. The fourth-order valence-corrected chi connectivity index (χ4v) is 3.45. The zero-order valence-electron chi connectivity index (χ0n) is 12.9. The number of carbonyl (C=O) groups excluding carboxylic acids is 1. The lowest BCUT2D eigenvalue weighted by Gasteiger charge is -2.40. The van der Waals surface area contributed by atoms with Crippen LogP contribution in [0.1, 0.15) is 24.1 Å². The Hall–Kier alpha value is -2.50. The van der Waals surface area contributed by atoms with E-state index in [1.54, 1.807) is 12.4 Å². The first-order valence-corrected chi connectivity index (χ1v) is 8.04. The number of pyridine rings is 1. The van der Waals surface area contributed by atoms with Gasteiger partial charge in [-0.05, 0) is 31.4 Å². The number of hydrogen-bond acceptors (Lipinski definition) is 5. The van der Waals surface area contributed by atoms with Crippen LogP contribution in [-0.4, -0.2) is 33.9 Å². The van der Waals surface area contributed by atoms with Crippen LogP contribution in [0, 0.1) is 5.92 Å². The molecule has 0 aromatic carbocycles. The number of aryl methyl sites for hydroxylation is 1. The van der Waals surface area contributed by atoms with Gasteiger partial charge in [-0.15, -0.1) is 0 Å². The second-order valence-corrected chi connectivity index (χ2v) is 6.33. The first kappa shape index (κ1) is 14.1. The Kier molecular flexibility index (Phi) is 3.44. The summed E-state index contributed by atoms with van der Waals surface area (Å²) in [6.07, 6.45) is 7.19. The molecule has 1 aliphatic carbocycles. The van der Waals surface area contributed by atoms with Gasteiger partial charge in [-0.25, -0.2) is 9.97 Å². The molecule has 2 aromatic heterocycles. The third-order valence-electron chi connectivity index (χ3n) is 4.58. The van der Waals surface area contributed by atoms with E-state index in [2.05, 4.69) is 9.88 Å². The lowest BCUT2D eigenvalue weighted by atomic mass is 9.95. The Morgan fingerprint density at radius 3 is 2.91 bits per heavy atom. The first-order chi connectivity index (χ1) is 11.2. The van der Waals surface area contributed by atoms with Gasteiger partial charge in [0.25, 0.3) is 0 Å². The van der Waals surface area contributed by atoms with Crippen LogP contribution >= 0.6 is 0 Å². The van der Waals surface area contributed by atoms with Crippen LogP contribution in [0.2, 0.25) is 0 Å². The minimum Gasteiger partial charge on any atom is -0.370 e. The number of amides is 1. The number of nitrogens with two attached hydrogens (primary N) is 1. The van der Waals surface area contributed by atoms with E-state index in [1.807, 2.05) is 12.1 Å². The van der Waals surface area contributed by atoms with Gasteiger partial charge in [-0.1, -0.05) is 0 Å². The highest BCUT2D eigenvalue weighted by atomic mass is 16.1. The maximum Gasteiger partial charge on any atom is 0.217 e. The molecule has 0 radical (unpaired) electrons. The number of fused-ring (bicyclic) bond motifs is 1. The fraction of sp³-hybridized carbons (Fsp3) is 0.412. The van der Waals surface area contributed by atoms with Gasteiger partial charge in [-0.3, -0.25) is 9.78 Å². The summed E-state index contributed by atoms with van der Waals surface area (Å²) in [5, 5.41) is 0. The molecule has 23 heavy (non-hydrogen) atoms. The smallest absolute Gasteiger partial charge is 0.217 e. The summed E-state index contributed by atoms with van der Waals surface area (Å²) in [6, 6.07) is 3.89. The summed E-state index contributed by atoms with van der Waals surface area (Å²) in [4.78, 5) is 27.0. The number of rotatable bonds is 4. The largest absolute Gasteiger partial charge is 0.370 e. The van der Waals surface area contributed by atoms with Crippen molar-refractivity contribution in [2.45, 2.75) is 25.7 Å². The van der Waals surface area contributed by atoms with Gasteiger partial charge in [0.2, 0.25) is 5.91 Å². The van der Waals surface area contributed by atoms with Crippen LogP contribution in [0.4, 0.5) is 5.82 Å². The summed E-state index contributed by atoms with van der Waals surface area (Å²) in [5.41, 5.74) is 8.66. The van der Waals surface area contributed by atoms with Crippen LogP contribution < -0.4 is 10.6 Å². The van der Waals surface area contributed by atoms with Crippen LogP contribution in [0.15, 0.2) is 24.5 Å². The standard InChI is InChI=1S/C17H19N5O/c18-15(23)7-11-9-22(10-11)17-13-4-1-5-14(13)20-16(21-17)12-3-2-6-19-8-12/h2-3,6,8,11H,1,4-5,7,9-10H2,(H2,18,23). The van der Waals surface area contributed by atoms with Gasteiger partial charge in [0.05, 0.1) is 0 Å². The van der Waals surface area contributed by atoms with Gasteiger partial charge in [0.1, 0.15) is 5.82 Å². The van der Waals surface area contributed by atoms with Crippen molar-refractivity contribution in [3.63, 3.8) is 0 Å². The van der Waals surface area contributed by atoms with E-state index in [0.29, 0.717) is 12.3 Å². The minimum atomic E-state index is -0.224. The molecule has 0 atom stereocenters. The average molecular weight is 309 g/mol. The molecule has 0 saturated carbocycles. The zero-order valence-corrected chi connectivity index (χ0v) is 12.9. The molecule has 1 fully saturated rings. The van der Waals surface area contributed by atoms with Crippen molar-refractivity contribution in [3.8, 4) is 11.4 Å². The topological polar surface area (TPSA) is 85.0 Å². The highest BCUT2D eigenvalue weighted by molar-refractivity contribution is 5.74. The zero-order chi connectivity index (χ0) is 15.8. The van der Waals surface area contributed by atoms with E-state index in [4.69, 9.17) is 15.7 Å². The highest BCUT2D eigenvalue weighted by Crippen LogP contribution is 2.35. The van der Waals surface area contributed by atoms with Gasteiger partial charge in [0.15, 0.2) is 5.82 Å². The first-order valence-electron chi connectivity index (χ1n) is 8.04. The molecule has 6 heteroatoms. The Morgan fingerprint density at radius 1 is 1.30 bits per heavy atom. The molecule has 118 valence electrons. The quantitative estimate of drug-likeness (QED) is 0.921. The van der Waals surface area contributed by atoms with E-state index < -0.39 is 0 Å². The predicted molar refractivity (Wildman–Crippen MR) is 86.8 cm³/mol. The monoisotopic (exact) mass is 309 g/mol. The van der Waals surface area contributed by atoms with E-state index >= 15 is 0 Å². The Labute approximate surface area is 134 Å². The molecule has 4 rings (SSSR count). The van der Waals surface area contributed by atoms with Crippen molar-refractivity contribution >= 4 is 11.7 Å². The molecule has 6 nitrogen and oxygen atoms in total. The fourth-order valence-electron chi connectivity index (χ4n) is 3.45. The summed E-state index contributed by atoms with van der Waals surface area (Å²) < 4.78 is 0. The molecule has 2 aliphatic rings. The lowest BCUT2D eigenvalue weighted by molar-refractivity contribution is -0.119. The Bertz CT molecular complexity index is 740. The molecule has 1 amide bonds. The number of aromatic nitrogens is 3. The summed E-state index contributed by atoms with van der Waals surface area (Å²) >= 11 is 0. The van der Waals surface area contributed by atoms with Crippen molar-refractivity contribution in [2.75, 3.05) is 18.0 Å². The van der Waals surface area contributed by atoms with Crippen LogP contribution in [0.3, 0.4) is 0 Å². The second-order valence-electron chi connectivity index (χ2n) is 6.33. The molecule has 2 aromatic rings. The number of nitrogens with zero attached hydrogens (tertiary/aromatic N) is 4. The normalized spacial score (nSPS) is 17.0. The van der Waals surface area contributed by atoms with Gasteiger partial charge in [0, 0.05) is 54.6 Å². The van der Waals surface area contributed by atoms with E-state index in [9.17, 15) is 4.79 Å². The molecule has 0 unspecified atom stereocenters. The molecule has 3 heterocycles. The van der Waals surface area contributed by atoms with Gasteiger partial charge >= 0.3 is 0 Å². The van der Waals surface area contributed by atoms with Crippen molar-refractivity contribution < 1.29 is 4.79 Å². The summed E-state index contributed by atoms with van der Waals surface area (Å²) in [6.45, 7) is 1.69. The second kappa shape index (κ2) is 5.61. The number of anilines is 1. The lowest BCUT2D eigenvalue weighted by Crippen LogP contribution is -2.49. The van der Waals surface area contributed by atoms with Crippen molar-refractivity contribution in [3.05, 3.63) is 35.8 Å². The summed E-state index contributed by atoms with van der Waals surface area (Å²) in [5.74, 6) is 1.90. The SMILES string of the molecule is NC(=O)CC1CN(c2nc(-c3cccnc3)nc3c2CCC3)C1. The van der Waals surface area contributed by atoms with Crippen molar-refractivity contribution in [1.29, 1.82) is 0 Å². The van der Waals surface area contributed by atoms with E-state index in [-0.39, 0.29) is 5.91 Å². The number of primary amides is 1. The third-order valence-corrected chi connectivity index (χ3v) is 4.58. The molecular weight excluding hydrogens is 290 g/mol. The Balaban J connectivity index is 1.64. The van der Waals surface area contributed by atoms with E-state index in [0.717, 1.165) is 55.3 Å². The molecular formula is C17H19N5O. The number of hydrogen-bond donors (Lipinski definition) is 1. The van der Waals surface area contributed by atoms with E-state index in [1.165, 1.54) is 5.56 Å². The maximum absolute atomic E-state index is 11.0. The minimum absolute atomic E-state index is 0.224. The van der Waals surface area contributed by atoms with Crippen molar-refractivity contribution in [2.24, 2.45) is 11.7 Å². The Morgan fingerprint density at radius 2 is 2.17 bits per heavy atom. The van der Waals surface area contributed by atoms with Crippen molar-refractivity contribution in [1.82, 2.24) is 15.0 Å². The predicted octanol–water partition coefficient (Wildman–Crippen LogP) is 1.34. The van der Waals surface area contributed by atoms with Crippen LogP contribution in [0.25, 0.3) is 11.4 Å². The van der Waals surface area contributed by atoms with Crippen LogP contribution in [-0.2, 0) is 17.6 Å². The molecule has 2 N–H and O–H groups in total. The molecule has 0 spiro atoms. The average Bonchev–Trinajstić information content (AvgIpc) is 2.99. The van der Waals surface area contributed by atoms with Gasteiger partial charge < -0.3 is 10.6 Å². The molecule has 1 saturated heterocycles.